The van der Waals surface area contributed by atoms with Crippen LogP contribution in [0.3, 0.4) is 0 Å². The number of carbonyl (C=O) groups excluding carboxylic acids is 3. The summed E-state index contributed by atoms with van der Waals surface area (Å²) in [5.41, 5.74) is 0. The number of allylic oxidation sites excluding steroid dienone is 8. The maximum atomic E-state index is 12.9. The van der Waals surface area contributed by atoms with Crippen LogP contribution in [0.5, 0.6) is 0 Å². The molecule has 70 heavy (non-hydrogen) atoms. The molecule has 0 aromatic rings. The lowest BCUT2D eigenvalue weighted by Gasteiger charge is -2.18. The summed E-state index contributed by atoms with van der Waals surface area (Å²) in [6.45, 7) is 6.56. The second-order valence-corrected chi connectivity index (χ2v) is 20.6. The fourth-order valence-corrected chi connectivity index (χ4v) is 9.02. The van der Waals surface area contributed by atoms with Gasteiger partial charge in [-0.3, -0.25) is 14.4 Å². The number of carbonyl (C=O) groups is 3. The van der Waals surface area contributed by atoms with E-state index >= 15 is 0 Å². The molecule has 0 bridgehead atoms. The Bertz CT molecular complexity index is 1220. The van der Waals surface area contributed by atoms with E-state index in [4.69, 9.17) is 14.2 Å². The third-order valence-electron chi connectivity index (χ3n) is 13.6. The van der Waals surface area contributed by atoms with E-state index in [2.05, 4.69) is 69.4 Å². The van der Waals surface area contributed by atoms with Crippen LogP contribution >= 0.6 is 0 Å². The Morgan fingerprint density at radius 2 is 0.557 bits per heavy atom. The molecule has 0 aromatic carbocycles. The fraction of sp³-hybridized carbons (Fsp3) is 0.828. The van der Waals surface area contributed by atoms with Gasteiger partial charge in [0.1, 0.15) is 13.2 Å². The first-order valence-electron chi connectivity index (χ1n) is 30.6. The SMILES string of the molecule is CC/C=C\C/C=C\C/C=C\C/C=C\CCCCCCCCCCC(=O)OCC(COC(=O)CCCCCCCCCCCC)OC(=O)CCCCCCCCCCCCCCCCCCCCCCC. The van der Waals surface area contributed by atoms with Crippen LogP contribution in [0, 0.1) is 0 Å². The van der Waals surface area contributed by atoms with E-state index in [0.29, 0.717) is 19.3 Å². The van der Waals surface area contributed by atoms with Gasteiger partial charge in [0.25, 0.3) is 0 Å². The molecule has 1 unspecified atom stereocenters. The highest BCUT2D eigenvalue weighted by molar-refractivity contribution is 5.71. The first kappa shape index (κ1) is 67.4. The van der Waals surface area contributed by atoms with Crippen molar-refractivity contribution >= 4 is 17.9 Å². The van der Waals surface area contributed by atoms with Crippen molar-refractivity contribution in [2.75, 3.05) is 13.2 Å². The average molecular weight is 982 g/mol. The summed E-state index contributed by atoms with van der Waals surface area (Å²) >= 11 is 0. The first-order chi connectivity index (χ1) is 34.5. The lowest BCUT2D eigenvalue weighted by Crippen LogP contribution is -2.30. The van der Waals surface area contributed by atoms with Crippen molar-refractivity contribution in [1.82, 2.24) is 0 Å². The van der Waals surface area contributed by atoms with Gasteiger partial charge in [-0.1, -0.05) is 294 Å². The van der Waals surface area contributed by atoms with Crippen LogP contribution in [0.1, 0.15) is 323 Å². The molecule has 0 aliphatic carbocycles. The number of ether oxygens (including phenoxy) is 3. The van der Waals surface area contributed by atoms with E-state index < -0.39 is 6.10 Å². The number of rotatable bonds is 56. The van der Waals surface area contributed by atoms with Crippen molar-refractivity contribution in [2.45, 2.75) is 329 Å². The fourth-order valence-electron chi connectivity index (χ4n) is 9.02. The van der Waals surface area contributed by atoms with Gasteiger partial charge in [-0.25, -0.2) is 0 Å². The summed E-state index contributed by atoms with van der Waals surface area (Å²) in [6.07, 6.45) is 72.6. The van der Waals surface area contributed by atoms with Gasteiger partial charge in [0.15, 0.2) is 6.10 Å². The highest BCUT2D eigenvalue weighted by Crippen LogP contribution is 2.17. The molecule has 6 heteroatoms. The molecule has 0 radical (unpaired) electrons. The zero-order chi connectivity index (χ0) is 50.7. The van der Waals surface area contributed by atoms with E-state index in [1.54, 1.807) is 0 Å². The highest BCUT2D eigenvalue weighted by atomic mass is 16.6. The molecule has 0 aromatic heterocycles. The van der Waals surface area contributed by atoms with Gasteiger partial charge in [-0.15, -0.1) is 0 Å². The second kappa shape index (κ2) is 58.9. The van der Waals surface area contributed by atoms with Crippen molar-refractivity contribution in [3.63, 3.8) is 0 Å². The van der Waals surface area contributed by atoms with Crippen LogP contribution in [0.15, 0.2) is 48.6 Å². The molecular weight excluding hydrogens is 865 g/mol. The third kappa shape index (κ3) is 56.3. The maximum absolute atomic E-state index is 12.9. The van der Waals surface area contributed by atoms with Gasteiger partial charge in [0, 0.05) is 19.3 Å². The molecule has 0 rings (SSSR count). The van der Waals surface area contributed by atoms with Crippen LogP contribution in [-0.4, -0.2) is 37.2 Å². The lowest BCUT2D eigenvalue weighted by atomic mass is 10.0. The Hall–Kier alpha value is -2.63. The summed E-state index contributed by atoms with van der Waals surface area (Å²) in [7, 11) is 0. The molecule has 0 aliphatic rings. The van der Waals surface area contributed by atoms with Gasteiger partial charge in [-0.05, 0) is 57.8 Å². The number of hydrogen-bond acceptors (Lipinski definition) is 6. The normalized spacial score (nSPS) is 12.3. The minimum atomic E-state index is -0.772. The Labute approximate surface area is 435 Å². The topological polar surface area (TPSA) is 78.9 Å². The van der Waals surface area contributed by atoms with Crippen LogP contribution in [0.4, 0.5) is 0 Å². The van der Waals surface area contributed by atoms with E-state index in [1.807, 2.05) is 0 Å². The summed E-state index contributed by atoms with van der Waals surface area (Å²) in [5.74, 6) is -0.862. The molecule has 0 spiro atoms. The molecule has 0 amide bonds. The molecule has 0 heterocycles. The van der Waals surface area contributed by atoms with E-state index in [0.717, 1.165) is 89.9 Å². The molecule has 0 saturated carbocycles. The summed E-state index contributed by atoms with van der Waals surface area (Å²) in [6, 6.07) is 0. The van der Waals surface area contributed by atoms with E-state index in [1.165, 1.54) is 193 Å². The molecule has 1 atom stereocenters. The van der Waals surface area contributed by atoms with Crippen molar-refractivity contribution < 1.29 is 28.6 Å². The molecule has 0 aliphatic heterocycles. The quantitative estimate of drug-likeness (QED) is 0.0261. The Morgan fingerprint density at radius 1 is 0.300 bits per heavy atom. The highest BCUT2D eigenvalue weighted by Gasteiger charge is 2.19. The van der Waals surface area contributed by atoms with E-state index in [9.17, 15) is 14.4 Å². The van der Waals surface area contributed by atoms with Crippen LogP contribution < -0.4 is 0 Å². The van der Waals surface area contributed by atoms with Crippen LogP contribution in [-0.2, 0) is 28.6 Å². The average Bonchev–Trinajstić information content (AvgIpc) is 3.36. The van der Waals surface area contributed by atoms with Gasteiger partial charge < -0.3 is 14.2 Å². The standard InChI is InChI=1S/C64H116O6/c1-4-7-10-13-16-19-22-24-26-28-30-32-34-36-38-40-42-45-48-51-54-57-63(66)69-60-61(59-68-62(65)56-53-50-47-44-21-18-15-12-9-6-3)70-64(67)58-55-52-49-46-43-41-39-37-35-33-31-29-27-25-23-20-17-14-11-8-5-2/h7,10,16,19,24,26,30,32,61H,4-6,8-9,11-15,17-18,20-23,25,27-29,31,33-60H2,1-3H3/b10-7-,19-16-,26-24-,32-30-. The summed E-state index contributed by atoms with van der Waals surface area (Å²) in [4.78, 5) is 38.2. The predicted octanol–water partition coefficient (Wildman–Crippen LogP) is 20.6. The van der Waals surface area contributed by atoms with Crippen LogP contribution in [0.2, 0.25) is 0 Å². The second-order valence-electron chi connectivity index (χ2n) is 20.6. The van der Waals surface area contributed by atoms with Crippen molar-refractivity contribution in [3.05, 3.63) is 48.6 Å². The Kier molecular flexibility index (Phi) is 56.7. The maximum Gasteiger partial charge on any atom is 0.306 e. The first-order valence-corrected chi connectivity index (χ1v) is 30.6. The summed E-state index contributed by atoms with van der Waals surface area (Å²) < 4.78 is 16.9. The molecule has 0 fully saturated rings. The molecule has 408 valence electrons. The minimum absolute atomic E-state index is 0.0711. The van der Waals surface area contributed by atoms with Crippen molar-refractivity contribution in [3.8, 4) is 0 Å². The van der Waals surface area contributed by atoms with Gasteiger partial charge in [-0.2, -0.15) is 0 Å². The monoisotopic (exact) mass is 981 g/mol. The number of unbranched alkanes of at least 4 members (excludes halogenated alkanes) is 37. The molecular formula is C64H116O6. The number of hydrogen-bond donors (Lipinski definition) is 0. The van der Waals surface area contributed by atoms with Crippen LogP contribution in [0.25, 0.3) is 0 Å². The minimum Gasteiger partial charge on any atom is -0.462 e. The van der Waals surface area contributed by atoms with Gasteiger partial charge >= 0.3 is 17.9 Å². The Morgan fingerprint density at radius 3 is 0.871 bits per heavy atom. The number of esters is 3. The predicted molar refractivity (Wildman–Crippen MR) is 302 cm³/mol. The van der Waals surface area contributed by atoms with Gasteiger partial charge in [0.05, 0.1) is 0 Å². The zero-order valence-corrected chi connectivity index (χ0v) is 46.8. The van der Waals surface area contributed by atoms with Crippen molar-refractivity contribution in [1.29, 1.82) is 0 Å². The largest absolute Gasteiger partial charge is 0.462 e. The van der Waals surface area contributed by atoms with Gasteiger partial charge in [0.2, 0.25) is 0 Å². The smallest absolute Gasteiger partial charge is 0.306 e. The van der Waals surface area contributed by atoms with Crippen molar-refractivity contribution in [2.24, 2.45) is 0 Å². The Balaban J connectivity index is 4.25. The molecule has 6 nitrogen and oxygen atoms in total. The molecule has 0 N–H and O–H groups in total. The summed E-state index contributed by atoms with van der Waals surface area (Å²) in [5, 5.41) is 0. The molecule has 0 saturated heterocycles. The third-order valence-corrected chi connectivity index (χ3v) is 13.6. The lowest BCUT2D eigenvalue weighted by molar-refractivity contribution is -0.167. The van der Waals surface area contributed by atoms with E-state index in [-0.39, 0.29) is 31.1 Å². The zero-order valence-electron chi connectivity index (χ0n) is 46.8.